The van der Waals surface area contributed by atoms with Gasteiger partial charge in [-0.25, -0.2) is 0 Å². The molecule has 0 atom stereocenters. The van der Waals surface area contributed by atoms with Gasteiger partial charge in [-0.05, 0) is 17.7 Å². The molecule has 1 N–H and O–H groups in total. The second kappa shape index (κ2) is 10.7. The average Bonchev–Trinajstić information content (AvgIpc) is 3.24. The number of aliphatic imine (C=N–C) groups is 1. The third-order valence-electron chi connectivity index (χ3n) is 4.69. The number of hydrogen-bond acceptors (Lipinski definition) is 6. The Hall–Kier alpha value is -2.58. The fourth-order valence-corrected chi connectivity index (χ4v) is 3.13. The molecule has 1 aromatic heterocycles. The van der Waals surface area contributed by atoms with Crippen molar-refractivity contribution in [1.82, 2.24) is 20.3 Å². The third-order valence-corrected chi connectivity index (χ3v) is 4.69. The molecule has 0 bridgehead atoms. The van der Waals surface area contributed by atoms with Crippen LogP contribution in [0, 0.1) is 0 Å². The highest BCUT2D eigenvalue weighted by molar-refractivity contribution is 5.80. The summed E-state index contributed by atoms with van der Waals surface area (Å²) in [6, 6.07) is 10.0. The van der Waals surface area contributed by atoms with E-state index in [1.807, 2.05) is 25.2 Å². The molecular formula is C20H29N5O3. The van der Waals surface area contributed by atoms with Crippen molar-refractivity contribution in [2.24, 2.45) is 4.99 Å². The Balaban J connectivity index is 1.42. The molecule has 2 aromatic rings. The maximum atomic E-state index is 5.60. The summed E-state index contributed by atoms with van der Waals surface area (Å²) in [7, 11) is 3.50. The van der Waals surface area contributed by atoms with Gasteiger partial charge in [-0.2, -0.15) is 0 Å². The summed E-state index contributed by atoms with van der Waals surface area (Å²) in [5, 5.41) is 7.45. The number of nitrogens with one attached hydrogen (secondary N) is 1. The molecule has 0 aliphatic carbocycles. The van der Waals surface area contributed by atoms with Crippen LogP contribution in [0.2, 0.25) is 0 Å². The number of aromatic nitrogens is 1. The zero-order valence-electron chi connectivity index (χ0n) is 16.6. The standard InChI is InChI=1S/C20H29N5O3/c1-21-20(22-15-17-3-5-19(6-4-17)27-14-13-26-2)25-10-8-24(9-11-25)16-18-7-12-28-23-18/h3-7,12H,8-11,13-16H2,1-2H3,(H,21,22). The summed E-state index contributed by atoms with van der Waals surface area (Å²) in [5.74, 6) is 1.79. The van der Waals surface area contributed by atoms with Crippen LogP contribution in [0.3, 0.4) is 0 Å². The third kappa shape index (κ3) is 5.97. The molecule has 0 amide bonds. The highest BCUT2D eigenvalue weighted by Gasteiger charge is 2.20. The first-order valence-corrected chi connectivity index (χ1v) is 9.56. The topological polar surface area (TPSA) is 75.4 Å². The van der Waals surface area contributed by atoms with E-state index in [9.17, 15) is 0 Å². The number of piperazine rings is 1. The number of hydrogen-bond donors (Lipinski definition) is 1. The Labute approximate surface area is 166 Å². The van der Waals surface area contributed by atoms with Crippen LogP contribution in [-0.4, -0.2) is 74.5 Å². The molecule has 8 heteroatoms. The molecule has 1 saturated heterocycles. The van der Waals surface area contributed by atoms with Gasteiger partial charge in [-0.3, -0.25) is 9.89 Å². The number of nitrogens with zero attached hydrogens (tertiary/aromatic N) is 4. The molecule has 0 saturated carbocycles. The number of methoxy groups -OCH3 is 1. The molecule has 1 fully saturated rings. The molecule has 1 aromatic carbocycles. The monoisotopic (exact) mass is 387 g/mol. The van der Waals surface area contributed by atoms with E-state index in [2.05, 4.69) is 37.4 Å². The Morgan fingerprint density at radius 3 is 2.57 bits per heavy atom. The molecule has 1 aliphatic rings. The molecule has 28 heavy (non-hydrogen) atoms. The van der Waals surface area contributed by atoms with Crippen LogP contribution in [0.25, 0.3) is 0 Å². The van der Waals surface area contributed by atoms with Gasteiger partial charge < -0.3 is 24.2 Å². The summed E-state index contributed by atoms with van der Waals surface area (Å²) in [6.45, 7) is 6.52. The second-order valence-electron chi connectivity index (χ2n) is 6.64. The van der Waals surface area contributed by atoms with Gasteiger partial charge in [0.15, 0.2) is 5.96 Å². The molecule has 0 radical (unpaired) electrons. The van der Waals surface area contributed by atoms with Crippen molar-refractivity contribution in [2.75, 3.05) is 53.6 Å². The first-order chi connectivity index (χ1) is 13.8. The molecule has 3 rings (SSSR count). The molecule has 8 nitrogen and oxygen atoms in total. The highest BCUT2D eigenvalue weighted by atomic mass is 16.5. The molecule has 0 spiro atoms. The van der Waals surface area contributed by atoms with Crippen molar-refractivity contribution in [2.45, 2.75) is 13.1 Å². The minimum atomic E-state index is 0.559. The predicted octanol–water partition coefficient (Wildman–Crippen LogP) is 1.59. The van der Waals surface area contributed by atoms with Gasteiger partial charge >= 0.3 is 0 Å². The largest absolute Gasteiger partial charge is 0.491 e. The van der Waals surface area contributed by atoms with E-state index in [0.29, 0.717) is 13.2 Å². The van der Waals surface area contributed by atoms with Crippen molar-refractivity contribution < 1.29 is 14.0 Å². The quantitative estimate of drug-likeness (QED) is 0.419. The maximum absolute atomic E-state index is 5.60. The smallest absolute Gasteiger partial charge is 0.194 e. The van der Waals surface area contributed by atoms with Crippen molar-refractivity contribution in [3.05, 3.63) is 47.9 Å². The van der Waals surface area contributed by atoms with Crippen LogP contribution in [0.4, 0.5) is 0 Å². The van der Waals surface area contributed by atoms with Gasteiger partial charge in [0.1, 0.15) is 18.6 Å². The van der Waals surface area contributed by atoms with Crippen LogP contribution < -0.4 is 10.1 Å². The number of rotatable bonds is 8. The van der Waals surface area contributed by atoms with Crippen molar-refractivity contribution >= 4 is 5.96 Å². The second-order valence-corrected chi connectivity index (χ2v) is 6.64. The van der Waals surface area contributed by atoms with Crippen molar-refractivity contribution in [3.63, 3.8) is 0 Å². The Morgan fingerprint density at radius 1 is 1.14 bits per heavy atom. The fraction of sp³-hybridized carbons (Fsp3) is 0.500. The normalized spacial score (nSPS) is 15.6. The van der Waals surface area contributed by atoms with Gasteiger partial charge in [0.25, 0.3) is 0 Å². The fourth-order valence-electron chi connectivity index (χ4n) is 3.13. The summed E-state index contributed by atoms with van der Waals surface area (Å²) >= 11 is 0. The zero-order valence-corrected chi connectivity index (χ0v) is 16.6. The van der Waals surface area contributed by atoms with Gasteiger partial charge in [0, 0.05) is 59.5 Å². The lowest BCUT2D eigenvalue weighted by atomic mass is 10.2. The minimum Gasteiger partial charge on any atom is -0.491 e. The van der Waals surface area contributed by atoms with E-state index in [4.69, 9.17) is 14.0 Å². The predicted molar refractivity (Wildman–Crippen MR) is 107 cm³/mol. The summed E-state index contributed by atoms with van der Waals surface area (Å²) < 4.78 is 15.5. The molecular weight excluding hydrogens is 358 g/mol. The lowest BCUT2D eigenvalue weighted by molar-refractivity contribution is 0.146. The van der Waals surface area contributed by atoms with E-state index >= 15 is 0 Å². The van der Waals surface area contributed by atoms with Gasteiger partial charge in [-0.15, -0.1) is 0 Å². The van der Waals surface area contributed by atoms with Crippen LogP contribution in [0.1, 0.15) is 11.3 Å². The average molecular weight is 387 g/mol. The number of benzene rings is 1. The lowest BCUT2D eigenvalue weighted by Gasteiger charge is -2.36. The molecule has 152 valence electrons. The lowest BCUT2D eigenvalue weighted by Crippen LogP contribution is -2.52. The maximum Gasteiger partial charge on any atom is 0.194 e. The van der Waals surface area contributed by atoms with Gasteiger partial charge in [0.2, 0.25) is 0 Å². The zero-order chi connectivity index (χ0) is 19.6. The molecule has 0 unspecified atom stereocenters. The highest BCUT2D eigenvalue weighted by Crippen LogP contribution is 2.12. The Bertz CT molecular complexity index is 710. The van der Waals surface area contributed by atoms with E-state index < -0.39 is 0 Å². The summed E-state index contributed by atoms with van der Waals surface area (Å²) in [5.41, 5.74) is 2.16. The first-order valence-electron chi connectivity index (χ1n) is 9.56. The minimum absolute atomic E-state index is 0.559. The number of guanidine groups is 1. The van der Waals surface area contributed by atoms with E-state index in [1.54, 1.807) is 13.4 Å². The van der Waals surface area contributed by atoms with E-state index in [1.165, 1.54) is 5.56 Å². The van der Waals surface area contributed by atoms with Crippen molar-refractivity contribution in [1.29, 1.82) is 0 Å². The Kier molecular flexibility index (Phi) is 7.69. The van der Waals surface area contributed by atoms with Gasteiger partial charge in [0.05, 0.1) is 12.3 Å². The first kappa shape index (κ1) is 20.2. The van der Waals surface area contributed by atoms with Crippen LogP contribution in [0.15, 0.2) is 46.1 Å². The summed E-state index contributed by atoms with van der Waals surface area (Å²) in [4.78, 5) is 9.11. The van der Waals surface area contributed by atoms with E-state index in [0.717, 1.165) is 56.7 Å². The van der Waals surface area contributed by atoms with Crippen LogP contribution in [0.5, 0.6) is 5.75 Å². The molecule has 1 aliphatic heterocycles. The van der Waals surface area contributed by atoms with Crippen molar-refractivity contribution in [3.8, 4) is 5.75 Å². The summed E-state index contributed by atoms with van der Waals surface area (Å²) in [6.07, 6.45) is 1.62. The number of ether oxygens (including phenoxy) is 2. The molecule has 2 heterocycles. The van der Waals surface area contributed by atoms with Crippen LogP contribution >= 0.6 is 0 Å². The van der Waals surface area contributed by atoms with E-state index in [-0.39, 0.29) is 0 Å². The van der Waals surface area contributed by atoms with Crippen LogP contribution in [-0.2, 0) is 17.8 Å². The van der Waals surface area contributed by atoms with Gasteiger partial charge in [-0.1, -0.05) is 17.3 Å². The SMILES string of the molecule is CN=C(NCc1ccc(OCCOC)cc1)N1CCN(Cc2ccon2)CC1. The Morgan fingerprint density at radius 2 is 1.93 bits per heavy atom.